The summed E-state index contributed by atoms with van der Waals surface area (Å²) in [4.78, 5) is 32.0. The molecule has 2 aliphatic rings. The Morgan fingerprint density at radius 2 is 2.04 bits per heavy atom. The van der Waals surface area contributed by atoms with E-state index in [1.54, 1.807) is 11.0 Å². The standard InChI is InChI=1S/C17H23N3O5/c1-17(2,3)25-16(22)19-7-8-20-11(9-19)10-24-14-13(20)6-5-12(18-14)15(21)23-4/h5-6,11H,7-10H2,1-4H3. The summed E-state index contributed by atoms with van der Waals surface area (Å²) in [5.74, 6) is -0.0758. The summed E-state index contributed by atoms with van der Waals surface area (Å²) < 4.78 is 15.8. The van der Waals surface area contributed by atoms with Gasteiger partial charge in [0.1, 0.15) is 17.9 Å². The Morgan fingerprint density at radius 3 is 2.72 bits per heavy atom. The van der Waals surface area contributed by atoms with Crippen molar-refractivity contribution in [3.63, 3.8) is 0 Å². The summed E-state index contributed by atoms with van der Waals surface area (Å²) in [6.07, 6.45) is -0.308. The highest BCUT2D eigenvalue weighted by atomic mass is 16.6. The van der Waals surface area contributed by atoms with Crippen molar-refractivity contribution in [3.8, 4) is 5.88 Å². The van der Waals surface area contributed by atoms with E-state index in [1.165, 1.54) is 7.11 Å². The molecule has 1 saturated heterocycles. The first-order valence-electron chi connectivity index (χ1n) is 8.25. The minimum atomic E-state index is -0.516. The fourth-order valence-electron chi connectivity index (χ4n) is 2.96. The molecule has 1 aromatic rings. The Morgan fingerprint density at radius 1 is 1.28 bits per heavy atom. The van der Waals surface area contributed by atoms with Crippen LogP contribution in [-0.4, -0.2) is 66.9 Å². The minimum absolute atomic E-state index is 0.0274. The van der Waals surface area contributed by atoms with Crippen LogP contribution in [0.2, 0.25) is 0 Å². The van der Waals surface area contributed by atoms with E-state index in [4.69, 9.17) is 9.47 Å². The third kappa shape index (κ3) is 3.62. The number of methoxy groups -OCH3 is 1. The van der Waals surface area contributed by atoms with Crippen molar-refractivity contribution in [2.45, 2.75) is 32.4 Å². The van der Waals surface area contributed by atoms with E-state index in [1.807, 2.05) is 26.8 Å². The largest absolute Gasteiger partial charge is 0.474 e. The molecule has 25 heavy (non-hydrogen) atoms. The Bertz CT molecular complexity index is 685. The summed E-state index contributed by atoms with van der Waals surface area (Å²) >= 11 is 0. The molecular weight excluding hydrogens is 326 g/mol. The lowest BCUT2D eigenvalue weighted by atomic mass is 10.1. The van der Waals surface area contributed by atoms with Crippen molar-refractivity contribution in [1.29, 1.82) is 0 Å². The number of amides is 1. The van der Waals surface area contributed by atoms with Gasteiger partial charge in [-0.15, -0.1) is 0 Å². The van der Waals surface area contributed by atoms with Crippen LogP contribution in [0.3, 0.4) is 0 Å². The van der Waals surface area contributed by atoms with Crippen molar-refractivity contribution in [1.82, 2.24) is 9.88 Å². The molecule has 136 valence electrons. The van der Waals surface area contributed by atoms with Crippen LogP contribution >= 0.6 is 0 Å². The molecule has 1 amide bonds. The second-order valence-electron chi connectivity index (χ2n) is 7.10. The number of carbonyl (C=O) groups excluding carboxylic acids is 2. The van der Waals surface area contributed by atoms with Gasteiger partial charge >= 0.3 is 12.1 Å². The second kappa shape index (κ2) is 6.42. The van der Waals surface area contributed by atoms with E-state index in [0.29, 0.717) is 32.1 Å². The zero-order valence-corrected chi connectivity index (χ0v) is 14.9. The van der Waals surface area contributed by atoms with Gasteiger partial charge in [-0.3, -0.25) is 0 Å². The molecule has 0 aromatic carbocycles. The van der Waals surface area contributed by atoms with Gasteiger partial charge in [-0.25, -0.2) is 14.6 Å². The van der Waals surface area contributed by atoms with Crippen molar-refractivity contribution in [2.75, 3.05) is 38.3 Å². The van der Waals surface area contributed by atoms with Crippen molar-refractivity contribution in [3.05, 3.63) is 17.8 Å². The molecule has 8 heteroatoms. The number of aromatic nitrogens is 1. The van der Waals surface area contributed by atoms with Crippen LogP contribution in [-0.2, 0) is 9.47 Å². The third-order valence-corrected chi connectivity index (χ3v) is 4.09. The number of nitrogens with zero attached hydrogens (tertiary/aromatic N) is 3. The first-order chi connectivity index (χ1) is 11.8. The maximum atomic E-state index is 12.3. The molecular formula is C17H23N3O5. The highest BCUT2D eigenvalue weighted by Gasteiger charge is 2.36. The summed E-state index contributed by atoms with van der Waals surface area (Å²) in [6, 6.07) is 3.46. The number of fused-ring (bicyclic) bond motifs is 3. The number of ether oxygens (including phenoxy) is 3. The Kier molecular flexibility index (Phi) is 4.45. The van der Waals surface area contributed by atoms with Gasteiger partial charge in [-0.2, -0.15) is 0 Å². The lowest BCUT2D eigenvalue weighted by Gasteiger charge is -2.45. The smallest absolute Gasteiger partial charge is 0.410 e. The van der Waals surface area contributed by atoms with E-state index in [2.05, 4.69) is 14.6 Å². The molecule has 1 unspecified atom stereocenters. The fraction of sp³-hybridized carbons (Fsp3) is 0.588. The number of piperazine rings is 1. The number of hydrogen-bond donors (Lipinski definition) is 0. The maximum Gasteiger partial charge on any atom is 0.410 e. The zero-order valence-electron chi connectivity index (χ0n) is 14.9. The number of esters is 1. The molecule has 1 atom stereocenters. The monoisotopic (exact) mass is 349 g/mol. The summed E-state index contributed by atoms with van der Waals surface area (Å²) in [5.41, 5.74) is 0.526. The van der Waals surface area contributed by atoms with Crippen LogP contribution in [0.15, 0.2) is 12.1 Å². The lowest BCUT2D eigenvalue weighted by molar-refractivity contribution is 0.0193. The first-order valence-corrected chi connectivity index (χ1v) is 8.25. The molecule has 2 aliphatic heterocycles. The summed E-state index contributed by atoms with van der Waals surface area (Å²) in [7, 11) is 1.32. The van der Waals surface area contributed by atoms with Crippen molar-refractivity contribution in [2.24, 2.45) is 0 Å². The minimum Gasteiger partial charge on any atom is -0.474 e. The Labute approximate surface area is 146 Å². The normalized spacial score (nSPS) is 19.4. The molecule has 0 aliphatic carbocycles. The number of hydrogen-bond acceptors (Lipinski definition) is 7. The van der Waals surface area contributed by atoms with Crippen molar-refractivity contribution < 1.29 is 23.8 Å². The topological polar surface area (TPSA) is 81.2 Å². The van der Waals surface area contributed by atoms with Gasteiger partial charge in [0.2, 0.25) is 5.88 Å². The molecule has 3 rings (SSSR count). The summed E-state index contributed by atoms with van der Waals surface area (Å²) in [5, 5.41) is 0. The molecule has 1 aromatic heterocycles. The fourth-order valence-corrected chi connectivity index (χ4v) is 2.96. The molecule has 1 fully saturated rings. The molecule has 0 bridgehead atoms. The number of rotatable bonds is 1. The molecule has 0 N–H and O–H groups in total. The van der Waals surface area contributed by atoms with E-state index in [-0.39, 0.29) is 17.8 Å². The molecule has 0 saturated carbocycles. The van der Waals surface area contributed by atoms with Crippen LogP contribution in [0.5, 0.6) is 5.88 Å². The molecule has 3 heterocycles. The average molecular weight is 349 g/mol. The van der Waals surface area contributed by atoms with E-state index in [0.717, 1.165) is 5.69 Å². The van der Waals surface area contributed by atoms with Gasteiger partial charge in [0, 0.05) is 19.6 Å². The lowest BCUT2D eigenvalue weighted by Crippen LogP contribution is -2.59. The SMILES string of the molecule is COC(=O)c1ccc2c(n1)OCC1CN(C(=O)OC(C)(C)C)CCN21. The van der Waals surface area contributed by atoms with Crippen LogP contribution in [0.4, 0.5) is 10.5 Å². The van der Waals surface area contributed by atoms with Gasteiger partial charge in [0.25, 0.3) is 0 Å². The summed E-state index contributed by atoms with van der Waals surface area (Å²) in [6.45, 7) is 7.68. The quantitative estimate of drug-likeness (QED) is 0.714. The van der Waals surface area contributed by atoms with Crippen molar-refractivity contribution >= 4 is 17.7 Å². The van der Waals surface area contributed by atoms with E-state index in [9.17, 15) is 9.59 Å². The third-order valence-electron chi connectivity index (χ3n) is 4.09. The number of pyridine rings is 1. The van der Waals surface area contributed by atoms with Gasteiger partial charge in [-0.05, 0) is 32.9 Å². The average Bonchev–Trinajstić information content (AvgIpc) is 2.58. The molecule has 0 spiro atoms. The van der Waals surface area contributed by atoms with Crippen LogP contribution in [0, 0.1) is 0 Å². The molecule has 8 nitrogen and oxygen atoms in total. The van der Waals surface area contributed by atoms with Gasteiger partial charge < -0.3 is 24.0 Å². The van der Waals surface area contributed by atoms with Crippen LogP contribution in [0.1, 0.15) is 31.3 Å². The second-order valence-corrected chi connectivity index (χ2v) is 7.10. The number of anilines is 1. The molecule has 0 radical (unpaired) electrons. The van der Waals surface area contributed by atoms with E-state index >= 15 is 0 Å². The predicted molar refractivity (Wildman–Crippen MR) is 90.0 cm³/mol. The maximum absolute atomic E-state index is 12.3. The van der Waals surface area contributed by atoms with Gasteiger partial charge in [-0.1, -0.05) is 0 Å². The number of carbonyl (C=O) groups is 2. The zero-order chi connectivity index (χ0) is 18.2. The van der Waals surface area contributed by atoms with E-state index < -0.39 is 11.6 Å². The van der Waals surface area contributed by atoms with Gasteiger partial charge in [0.15, 0.2) is 5.69 Å². The Balaban J connectivity index is 1.72. The van der Waals surface area contributed by atoms with Gasteiger partial charge in [0.05, 0.1) is 13.2 Å². The van der Waals surface area contributed by atoms with Crippen LogP contribution in [0.25, 0.3) is 0 Å². The predicted octanol–water partition coefficient (Wildman–Crippen LogP) is 1.69. The highest BCUT2D eigenvalue weighted by Crippen LogP contribution is 2.34. The van der Waals surface area contributed by atoms with Crippen LogP contribution < -0.4 is 9.64 Å². The Hall–Kier alpha value is -2.51. The first kappa shape index (κ1) is 17.3. The highest BCUT2D eigenvalue weighted by molar-refractivity contribution is 5.88.